The Morgan fingerprint density at radius 1 is 0.812 bits per heavy atom. The number of nitrogens with zero attached hydrogens (tertiary/aromatic N) is 1. The smallest absolute Gasteiger partial charge is 0.255 e. The third kappa shape index (κ3) is 4.87. The third-order valence-electron chi connectivity index (χ3n) is 4.92. The summed E-state index contributed by atoms with van der Waals surface area (Å²) >= 11 is 0. The van der Waals surface area contributed by atoms with Crippen molar-refractivity contribution in [2.45, 2.75) is 0 Å². The van der Waals surface area contributed by atoms with E-state index in [0.717, 1.165) is 16.8 Å². The summed E-state index contributed by atoms with van der Waals surface area (Å²) in [5.74, 6) is 1.33. The van der Waals surface area contributed by atoms with Gasteiger partial charge in [0, 0.05) is 30.4 Å². The topological polar surface area (TPSA) is 72.5 Å². The largest absolute Gasteiger partial charge is 0.493 e. The van der Waals surface area contributed by atoms with Crippen LogP contribution in [0, 0.1) is 0 Å². The molecule has 0 aliphatic heterocycles. The molecule has 0 fully saturated rings. The summed E-state index contributed by atoms with van der Waals surface area (Å²) in [5.41, 5.74) is 4.23. The van der Waals surface area contributed by atoms with Gasteiger partial charge in [-0.05, 0) is 41.5 Å². The molecular formula is C26H23N3O3. The Bertz CT molecular complexity index is 1190. The third-order valence-corrected chi connectivity index (χ3v) is 4.92. The molecule has 160 valence electrons. The van der Waals surface area contributed by atoms with Crippen LogP contribution in [0.15, 0.2) is 91.1 Å². The molecule has 3 aromatic carbocycles. The van der Waals surface area contributed by atoms with E-state index in [2.05, 4.69) is 15.6 Å². The predicted molar refractivity (Wildman–Crippen MR) is 127 cm³/mol. The molecule has 6 nitrogen and oxygen atoms in total. The first-order chi connectivity index (χ1) is 15.7. The van der Waals surface area contributed by atoms with Gasteiger partial charge in [0.2, 0.25) is 5.88 Å². The van der Waals surface area contributed by atoms with Crippen molar-refractivity contribution < 1.29 is 14.3 Å². The first kappa shape index (κ1) is 20.9. The molecule has 4 aromatic rings. The van der Waals surface area contributed by atoms with E-state index in [-0.39, 0.29) is 5.91 Å². The summed E-state index contributed by atoms with van der Waals surface area (Å²) in [4.78, 5) is 16.9. The van der Waals surface area contributed by atoms with Gasteiger partial charge in [0.15, 0.2) is 11.5 Å². The first-order valence-electron chi connectivity index (χ1n) is 10.1. The SMILES string of the molecule is CNc1ccc(Oc2ccc(NC(=O)c3ccc(-c4ccccc4)cc3)cn2)c(OC)c1. The van der Waals surface area contributed by atoms with E-state index >= 15 is 0 Å². The second-order valence-corrected chi connectivity index (χ2v) is 7.00. The molecule has 0 saturated heterocycles. The highest BCUT2D eigenvalue weighted by atomic mass is 16.5. The molecule has 0 saturated carbocycles. The van der Waals surface area contributed by atoms with Gasteiger partial charge in [-0.1, -0.05) is 42.5 Å². The summed E-state index contributed by atoms with van der Waals surface area (Å²) in [6.45, 7) is 0. The van der Waals surface area contributed by atoms with E-state index in [0.29, 0.717) is 28.6 Å². The van der Waals surface area contributed by atoms with Gasteiger partial charge in [-0.25, -0.2) is 4.98 Å². The van der Waals surface area contributed by atoms with Gasteiger partial charge in [-0.15, -0.1) is 0 Å². The molecule has 0 aliphatic rings. The highest BCUT2D eigenvalue weighted by Gasteiger charge is 2.10. The maximum Gasteiger partial charge on any atom is 0.255 e. The average molecular weight is 425 g/mol. The normalized spacial score (nSPS) is 10.3. The number of rotatable bonds is 7. The first-order valence-corrected chi connectivity index (χ1v) is 10.1. The van der Waals surface area contributed by atoms with Crippen LogP contribution in [0.2, 0.25) is 0 Å². The second-order valence-electron chi connectivity index (χ2n) is 7.00. The van der Waals surface area contributed by atoms with Crippen molar-refractivity contribution in [3.05, 3.63) is 96.7 Å². The number of benzene rings is 3. The maximum atomic E-state index is 12.6. The van der Waals surface area contributed by atoms with Crippen LogP contribution < -0.4 is 20.1 Å². The number of methoxy groups -OCH3 is 1. The monoisotopic (exact) mass is 425 g/mol. The van der Waals surface area contributed by atoms with Crippen molar-refractivity contribution in [2.24, 2.45) is 0 Å². The quantitative estimate of drug-likeness (QED) is 0.389. The number of nitrogens with one attached hydrogen (secondary N) is 2. The van der Waals surface area contributed by atoms with E-state index in [4.69, 9.17) is 9.47 Å². The summed E-state index contributed by atoms with van der Waals surface area (Å²) < 4.78 is 11.2. The lowest BCUT2D eigenvalue weighted by atomic mass is 10.0. The molecule has 1 amide bonds. The number of hydrogen-bond donors (Lipinski definition) is 2. The fraction of sp³-hybridized carbons (Fsp3) is 0.0769. The minimum absolute atomic E-state index is 0.204. The van der Waals surface area contributed by atoms with Crippen LogP contribution in [0.5, 0.6) is 17.4 Å². The molecule has 0 atom stereocenters. The second kappa shape index (κ2) is 9.66. The van der Waals surface area contributed by atoms with E-state index in [9.17, 15) is 4.79 Å². The number of hydrogen-bond acceptors (Lipinski definition) is 5. The van der Waals surface area contributed by atoms with Crippen LogP contribution in [0.3, 0.4) is 0 Å². The molecule has 1 heterocycles. The molecular weight excluding hydrogens is 402 g/mol. The van der Waals surface area contributed by atoms with Crippen LogP contribution in [-0.4, -0.2) is 25.0 Å². The Morgan fingerprint density at radius 2 is 1.53 bits per heavy atom. The van der Waals surface area contributed by atoms with Gasteiger partial charge in [-0.3, -0.25) is 4.79 Å². The highest BCUT2D eigenvalue weighted by Crippen LogP contribution is 2.33. The van der Waals surface area contributed by atoms with Crippen LogP contribution in [0.4, 0.5) is 11.4 Å². The van der Waals surface area contributed by atoms with E-state index in [1.807, 2.05) is 73.8 Å². The molecule has 0 radical (unpaired) electrons. The van der Waals surface area contributed by atoms with E-state index < -0.39 is 0 Å². The summed E-state index contributed by atoms with van der Waals surface area (Å²) in [6, 6.07) is 26.5. The van der Waals surface area contributed by atoms with E-state index in [1.165, 1.54) is 0 Å². The Morgan fingerprint density at radius 3 is 2.19 bits per heavy atom. The van der Waals surface area contributed by atoms with E-state index in [1.54, 1.807) is 31.5 Å². The molecule has 0 spiro atoms. The number of pyridine rings is 1. The Labute approximate surface area is 186 Å². The highest BCUT2D eigenvalue weighted by molar-refractivity contribution is 6.04. The predicted octanol–water partition coefficient (Wildman–Crippen LogP) is 5.84. The summed E-state index contributed by atoms with van der Waals surface area (Å²) in [5, 5.41) is 5.91. The number of carbonyl (C=O) groups is 1. The van der Waals surface area contributed by atoms with Crippen molar-refractivity contribution in [3.63, 3.8) is 0 Å². The van der Waals surface area contributed by atoms with Crippen molar-refractivity contribution in [2.75, 3.05) is 24.8 Å². The molecule has 0 aliphatic carbocycles. The number of ether oxygens (including phenoxy) is 2. The van der Waals surface area contributed by atoms with Crippen molar-refractivity contribution in [3.8, 4) is 28.5 Å². The van der Waals surface area contributed by atoms with Gasteiger partial charge in [0.1, 0.15) is 0 Å². The lowest BCUT2D eigenvalue weighted by Crippen LogP contribution is -2.11. The van der Waals surface area contributed by atoms with Crippen LogP contribution >= 0.6 is 0 Å². The zero-order valence-electron chi connectivity index (χ0n) is 17.8. The van der Waals surface area contributed by atoms with Gasteiger partial charge < -0.3 is 20.1 Å². The van der Waals surface area contributed by atoms with Crippen molar-refractivity contribution >= 4 is 17.3 Å². The molecule has 1 aromatic heterocycles. The summed E-state index contributed by atoms with van der Waals surface area (Å²) in [7, 11) is 3.42. The van der Waals surface area contributed by atoms with Crippen LogP contribution in [0.1, 0.15) is 10.4 Å². The van der Waals surface area contributed by atoms with Gasteiger partial charge in [-0.2, -0.15) is 0 Å². The summed E-state index contributed by atoms with van der Waals surface area (Å²) in [6.07, 6.45) is 1.56. The number of amides is 1. The Kier molecular flexibility index (Phi) is 6.32. The van der Waals surface area contributed by atoms with Gasteiger partial charge >= 0.3 is 0 Å². The number of anilines is 2. The zero-order chi connectivity index (χ0) is 22.3. The molecule has 0 unspecified atom stereocenters. The zero-order valence-corrected chi connectivity index (χ0v) is 17.8. The van der Waals surface area contributed by atoms with Crippen molar-refractivity contribution in [1.29, 1.82) is 0 Å². The standard InChI is InChI=1S/C26H23N3O3/c1-27-21-12-14-23(24(16-21)31-2)32-25-15-13-22(17-28-25)29-26(30)20-10-8-19(9-11-20)18-6-4-3-5-7-18/h3-17,27H,1-2H3,(H,29,30). The molecule has 4 rings (SSSR count). The van der Waals surface area contributed by atoms with Gasteiger partial charge in [0.25, 0.3) is 5.91 Å². The fourth-order valence-corrected chi connectivity index (χ4v) is 3.18. The average Bonchev–Trinajstić information content (AvgIpc) is 2.86. The molecule has 32 heavy (non-hydrogen) atoms. The Balaban J connectivity index is 1.41. The lowest BCUT2D eigenvalue weighted by Gasteiger charge is -2.12. The molecule has 6 heteroatoms. The maximum absolute atomic E-state index is 12.6. The van der Waals surface area contributed by atoms with Crippen LogP contribution in [0.25, 0.3) is 11.1 Å². The Hall–Kier alpha value is -4.32. The van der Waals surface area contributed by atoms with Gasteiger partial charge in [0.05, 0.1) is 19.0 Å². The van der Waals surface area contributed by atoms with Crippen LogP contribution in [-0.2, 0) is 0 Å². The number of aromatic nitrogens is 1. The molecule has 2 N–H and O–H groups in total. The minimum Gasteiger partial charge on any atom is -0.493 e. The number of carbonyl (C=O) groups excluding carboxylic acids is 1. The minimum atomic E-state index is -0.204. The molecule has 0 bridgehead atoms. The lowest BCUT2D eigenvalue weighted by molar-refractivity contribution is 0.102. The fourth-order valence-electron chi connectivity index (χ4n) is 3.18. The van der Waals surface area contributed by atoms with Crippen molar-refractivity contribution in [1.82, 2.24) is 4.98 Å².